The summed E-state index contributed by atoms with van der Waals surface area (Å²) in [7, 11) is -4.03. The number of benzene rings is 3. The summed E-state index contributed by atoms with van der Waals surface area (Å²) >= 11 is 25.2. The van der Waals surface area contributed by atoms with Gasteiger partial charge in [-0.1, -0.05) is 114 Å². The van der Waals surface area contributed by atoms with Crippen LogP contribution < -0.4 is 9.62 Å². The number of hydrogen-bond donors (Lipinski definition) is 1. The Labute approximate surface area is 273 Å². The minimum absolute atomic E-state index is 0.000627. The molecule has 0 heterocycles. The topological polar surface area (TPSA) is 86.8 Å². The van der Waals surface area contributed by atoms with Crippen LogP contribution in [-0.4, -0.2) is 50.0 Å². The molecule has 0 aromatic heterocycles. The second kappa shape index (κ2) is 15.0. The largest absolute Gasteiger partial charge is 0.352 e. The number of amides is 2. The van der Waals surface area contributed by atoms with Crippen molar-refractivity contribution in [1.82, 2.24) is 10.2 Å². The molecular formula is C31H33Cl4N3O4S. The van der Waals surface area contributed by atoms with Gasteiger partial charge in [-0.15, -0.1) is 0 Å². The molecule has 0 unspecified atom stereocenters. The Kier molecular flexibility index (Phi) is 11.6. The minimum atomic E-state index is -4.03. The van der Waals surface area contributed by atoms with E-state index in [0.717, 1.165) is 48.2 Å². The standard InChI is InChI=1S/C31H33Cl4N3O4S/c1-43(41,42)38(28-18-26(34)25(33)17-27(28)35)20-30(39)37(19-22-12-8-9-15-24(22)32)29(16-21-10-4-2-5-11-21)31(40)36-23-13-6-3-7-14-23/h2,4-5,8-12,15,17-18,23,29H,3,6-7,13-14,16,19-20H2,1H3,(H,36,40)/t29-/m0/s1. The summed E-state index contributed by atoms with van der Waals surface area (Å²) in [6, 6.07) is 18.1. The SMILES string of the molecule is CS(=O)(=O)N(CC(=O)N(Cc1ccccc1Cl)[C@@H](Cc1ccccc1)C(=O)NC1CCCCC1)c1cc(Cl)c(Cl)cc1Cl. The molecule has 1 atom stereocenters. The molecule has 0 saturated heterocycles. The van der Waals surface area contributed by atoms with E-state index in [4.69, 9.17) is 46.4 Å². The van der Waals surface area contributed by atoms with Gasteiger partial charge in [-0.25, -0.2) is 8.42 Å². The molecule has 7 nitrogen and oxygen atoms in total. The molecule has 3 aromatic rings. The van der Waals surface area contributed by atoms with Crippen LogP contribution in [0.4, 0.5) is 5.69 Å². The molecule has 0 aliphatic heterocycles. The first-order valence-corrected chi connectivity index (χ1v) is 17.3. The Bertz CT molecular complexity index is 1550. The molecule has 2 amide bonds. The van der Waals surface area contributed by atoms with Crippen LogP contribution in [-0.2, 0) is 32.6 Å². The van der Waals surface area contributed by atoms with Crippen molar-refractivity contribution in [2.24, 2.45) is 0 Å². The van der Waals surface area contributed by atoms with Gasteiger partial charge in [0.05, 0.1) is 27.0 Å². The average Bonchev–Trinajstić information content (AvgIpc) is 2.97. The van der Waals surface area contributed by atoms with E-state index in [1.165, 1.54) is 17.0 Å². The first-order valence-electron chi connectivity index (χ1n) is 13.9. The zero-order chi connectivity index (χ0) is 31.1. The maximum atomic E-state index is 14.3. The summed E-state index contributed by atoms with van der Waals surface area (Å²) in [5.41, 5.74) is 1.45. The van der Waals surface area contributed by atoms with Gasteiger partial charge in [-0.05, 0) is 42.2 Å². The van der Waals surface area contributed by atoms with Crippen molar-refractivity contribution >= 4 is 73.9 Å². The minimum Gasteiger partial charge on any atom is -0.352 e. The van der Waals surface area contributed by atoms with Crippen molar-refractivity contribution < 1.29 is 18.0 Å². The molecule has 4 rings (SSSR count). The third kappa shape index (κ3) is 9.02. The third-order valence-corrected chi connectivity index (χ3v) is 9.98. The number of anilines is 1. The lowest BCUT2D eigenvalue weighted by atomic mass is 9.94. The van der Waals surface area contributed by atoms with Gasteiger partial charge < -0.3 is 10.2 Å². The highest BCUT2D eigenvalue weighted by molar-refractivity contribution is 7.92. The highest BCUT2D eigenvalue weighted by atomic mass is 35.5. The van der Waals surface area contributed by atoms with E-state index in [1.807, 2.05) is 30.3 Å². The summed E-state index contributed by atoms with van der Waals surface area (Å²) < 4.78 is 26.9. The number of rotatable bonds is 11. The second-order valence-electron chi connectivity index (χ2n) is 10.6. The van der Waals surface area contributed by atoms with Crippen LogP contribution in [0, 0.1) is 0 Å². The van der Waals surface area contributed by atoms with Crippen molar-refractivity contribution in [2.75, 3.05) is 17.1 Å². The zero-order valence-corrected chi connectivity index (χ0v) is 27.5. The van der Waals surface area contributed by atoms with Gasteiger partial charge in [0.25, 0.3) is 0 Å². The Balaban J connectivity index is 1.76. The van der Waals surface area contributed by atoms with Gasteiger partial charge in [-0.3, -0.25) is 13.9 Å². The van der Waals surface area contributed by atoms with Crippen molar-refractivity contribution in [2.45, 2.75) is 57.2 Å². The molecule has 1 saturated carbocycles. The molecule has 230 valence electrons. The lowest BCUT2D eigenvalue weighted by Gasteiger charge is -2.35. The fourth-order valence-electron chi connectivity index (χ4n) is 5.21. The van der Waals surface area contributed by atoms with Crippen LogP contribution in [0.1, 0.15) is 43.2 Å². The van der Waals surface area contributed by atoms with Crippen LogP contribution in [0.25, 0.3) is 0 Å². The van der Waals surface area contributed by atoms with Crippen LogP contribution in [0.3, 0.4) is 0 Å². The molecule has 0 radical (unpaired) electrons. The summed E-state index contributed by atoms with van der Waals surface area (Å²) in [6.45, 7) is -0.663. The Morgan fingerprint density at radius 3 is 2.14 bits per heavy atom. The summed E-state index contributed by atoms with van der Waals surface area (Å²) in [5.74, 6) is -0.929. The Morgan fingerprint density at radius 1 is 0.860 bits per heavy atom. The van der Waals surface area contributed by atoms with Crippen molar-refractivity contribution in [3.8, 4) is 0 Å². The van der Waals surface area contributed by atoms with E-state index < -0.39 is 28.5 Å². The van der Waals surface area contributed by atoms with Gasteiger partial charge in [0, 0.05) is 24.0 Å². The predicted molar refractivity (Wildman–Crippen MR) is 175 cm³/mol. The predicted octanol–water partition coefficient (Wildman–Crippen LogP) is 7.16. The van der Waals surface area contributed by atoms with E-state index in [0.29, 0.717) is 10.6 Å². The third-order valence-electron chi connectivity index (χ3n) is 7.46. The van der Waals surface area contributed by atoms with E-state index in [-0.39, 0.29) is 45.7 Å². The van der Waals surface area contributed by atoms with Crippen molar-refractivity contribution in [3.63, 3.8) is 0 Å². The van der Waals surface area contributed by atoms with Crippen LogP contribution in [0.15, 0.2) is 66.7 Å². The molecule has 1 N–H and O–H groups in total. The van der Waals surface area contributed by atoms with E-state index in [2.05, 4.69) is 5.32 Å². The highest BCUT2D eigenvalue weighted by Gasteiger charge is 2.35. The summed E-state index contributed by atoms with van der Waals surface area (Å²) in [5, 5.41) is 3.79. The maximum Gasteiger partial charge on any atom is 0.244 e. The van der Waals surface area contributed by atoms with Crippen LogP contribution in [0.2, 0.25) is 20.1 Å². The smallest absolute Gasteiger partial charge is 0.244 e. The highest BCUT2D eigenvalue weighted by Crippen LogP contribution is 2.36. The summed E-state index contributed by atoms with van der Waals surface area (Å²) in [4.78, 5) is 29.7. The summed E-state index contributed by atoms with van der Waals surface area (Å²) in [6.07, 6.45) is 6.06. The van der Waals surface area contributed by atoms with Gasteiger partial charge in [0.2, 0.25) is 21.8 Å². The number of hydrogen-bond acceptors (Lipinski definition) is 4. The average molecular weight is 686 g/mol. The quantitative estimate of drug-likeness (QED) is 0.217. The number of nitrogens with zero attached hydrogens (tertiary/aromatic N) is 2. The molecule has 12 heteroatoms. The number of sulfonamides is 1. The monoisotopic (exact) mass is 683 g/mol. The Hall–Kier alpha value is -2.49. The second-order valence-corrected chi connectivity index (χ2v) is 14.2. The molecular weight excluding hydrogens is 652 g/mol. The first-order chi connectivity index (χ1) is 20.4. The molecule has 1 aliphatic carbocycles. The molecule has 0 spiro atoms. The zero-order valence-electron chi connectivity index (χ0n) is 23.6. The van der Waals surface area contributed by atoms with Crippen molar-refractivity contribution in [1.29, 1.82) is 0 Å². The van der Waals surface area contributed by atoms with Gasteiger partial charge in [0.15, 0.2) is 0 Å². The van der Waals surface area contributed by atoms with E-state index >= 15 is 0 Å². The van der Waals surface area contributed by atoms with Gasteiger partial charge in [0.1, 0.15) is 12.6 Å². The molecule has 43 heavy (non-hydrogen) atoms. The fraction of sp³-hybridized carbons (Fsp3) is 0.355. The molecule has 1 aliphatic rings. The van der Waals surface area contributed by atoms with E-state index in [1.54, 1.807) is 24.3 Å². The van der Waals surface area contributed by atoms with Crippen LogP contribution >= 0.6 is 46.4 Å². The van der Waals surface area contributed by atoms with Gasteiger partial charge >= 0.3 is 0 Å². The lowest BCUT2D eigenvalue weighted by Crippen LogP contribution is -2.55. The maximum absolute atomic E-state index is 14.3. The first kappa shape index (κ1) is 33.4. The normalized spacial score (nSPS) is 14.6. The number of carbonyl (C=O) groups is 2. The number of nitrogens with one attached hydrogen (secondary N) is 1. The number of halogens is 4. The fourth-order valence-corrected chi connectivity index (χ4v) is 6.95. The Morgan fingerprint density at radius 2 is 1.49 bits per heavy atom. The van der Waals surface area contributed by atoms with Crippen molar-refractivity contribution in [3.05, 3.63) is 97.9 Å². The molecule has 1 fully saturated rings. The molecule has 3 aromatic carbocycles. The van der Waals surface area contributed by atoms with Gasteiger partial charge in [-0.2, -0.15) is 0 Å². The van der Waals surface area contributed by atoms with Crippen LogP contribution in [0.5, 0.6) is 0 Å². The van der Waals surface area contributed by atoms with E-state index in [9.17, 15) is 18.0 Å². The molecule has 0 bridgehead atoms. The number of carbonyl (C=O) groups excluding carboxylic acids is 2. The lowest BCUT2D eigenvalue weighted by molar-refractivity contribution is -0.140.